The molecule has 0 aromatic heterocycles. The average Bonchev–Trinajstić information content (AvgIpc) is 2.14. The molecule has 0 aromatic rings. The number of carbonyl (C=O) groups is 2. The lowest BCUT2D eigenvalue weighted by atomic mass is 10.2. The maximum atomic E-state index is 11.4. The summed E-state index contributed by atoms with van der Waals surface area (Å²) in [6.07, 6.45) is 0.526. The fourth-order valence-corrected chi connectivity index (χ4v) is 1.09. The molecule has 0 bridgehead atoms. The molecule has 0 spiro atoms. The molecule has 0 saturated carbocycles. The first-order chi connectivity index (χ1) is 6.95. The molecule has 0 atom stereocenters. The van der Waals surface area contributed by atoms with Crippen molar-refractivity contribution in [1.29, 1.82) is 0 Å². The van der Waals surface area contributed by atoms with Gasteiger partial charge in [0.25, 0.3) is 0 Å². The van der Waals surface area contributed by atoms with Crippen LogP contribution in [0.4, 0.5) is 0 Å². The Balaban J connectivity index is 3.71. The minimum absolute atomic E-state index is 0.0184. The summed E-state index contributed by atoms with van der Waals surface area (Å²) in [5, 5.41) is 2.81. The monoisotopic (exact) mass is 214 g/mol. The third-order valence-corrected chi connectivity index (χ3v) is 1.96. The second-order valence-corrected chi connectivity index (χ2v) is 4.26. The second kappa shape index (κ2) is 7.40. The second-order valence-electron chi connectivity index (χ2n) is 4.26. The number of nitrogens with zero attached hydrogens (tertiary/aromatic N) is 1. The van der Waals surface area contributed by atoms with Crippen LogP contribution in [0.15, 0.2) is 0 Å². The van der Waals surface area contributed by atoms with Crippen molar-refractivity contribution in [1.82, 2.24) is 10.2 Å². The number of ketones is 1. The molecule has 0 aliphatic carbocycles. The number of carbonyl (C=O) groups excluding carboxylic acids is 2. The van der Waals surface area contributed by atoms with Crippen molar-refractivity contribution in [2.24, 2.45) is 5.92 Å². The van der Waals surface area contributed by atoms with Crippen LogP contribution in [0.25, 0.3) is 0 Å². The van der Waals surface area contributed by atoms with E-state index in [-0.39, 0.29) is 11.7 Å². The van der Waals surface area contributed by atoms with E-state index in [2.05, 4.69) is 5.32 Å². The van der Waals surface area contributed by atoms with E-state index in [0.29, 0.717) is 32.0 Å². The first-order valence-corrected chi connectivity index (χ1v) is 5.42. The van der Waals surface area contributed by atoms with Gasteiger partial charge < -0.3 is 5.32 Å². The lowest BCUT2D eigenvalue weighted by Crippen LogP contribution is -2.38. The largest absolute Gasteiger partial charge is 0.355 e. The third-order valence-electron chi connectivity index (χ3n) is 1.96. The fourth-order valence-electron chi connectivity index (χ4n) is 1.09. The van der Waals surface area contributed by atoms with Gasteiger partial charge in [0.15, 0.2) is 0 Å². The Hall–Kier alpha value is -0.900. The fraction of sp³-hybridized carbons (Fsp3) is 0.818. The zero-order valence-electron chi connectivity index (χ0n) is 10.2. The summed E-state index contributed by atoms with van der Waals surface area (Å²) in [5.74, 6) is 0.598. The standard InChI is InChI=1S/C11H22N2O2/c1-5-10(14)7-13(4)8-11(15)12-6-9(2)3/h9H,5-8H2,1-4H3,(H,12,15). The quantitative estimate of drug-likeness (QED) is 0.677. The van der Waals surface area contributed by atoms with Gasteiger partial charge in [0.2, 0.25) is 5.91 Å². The Morgan fingerprint density at radius 1 is 1.27 bits per heavy atom. The van der Waals surface area contributed by atoms with Crippen molar-refractivity contribution in [2.75, 3.05) is 26.7 Å². The van der Waals surface area contributed by atoms with Crippen LogP contribution in [0.5, 0.6) is 0 Å². The van der Waals surface area contributed by atoms with Gasteiger partial charge in [-0.1, -0.05) is 20.8 Å². The molecular weight excluding hydrogens is 192 g/mol. The molecule has 88 valence electrons. The Labute approximate surface area is 92.0 Å². The molecule has 0 unspecified atom stereocenters. The number of nitrogens with one attached hydrogen (secondary N) is 1. The molecule has 4 nitrogen and oxygen atoms in total. The van der Waals surface area contributed by atoms with Crippen molar-refractivity contribution in [3.05, 3.63) is 0 Å². The van der Waals surface area contributed by atoms with Crippen LogP contribution in [-0.2, 0) is 9.59 Å². The first-order valence-electron chi connectivity index (χ1n) is 5.42. The van der Waals surface area contributed by atoms with Crippen LogP contribution >= 0.6 is 0 Å². The number of hydrogen-bond acceptors (Lipinski definition) is 3. The Morgan fingerprint density at radius 3 is 2.33 bits per heavy atom. The summed E-state index contributed by atoms with van der Waals surface area (Å²) in [6.45, 7) is 7.25. The van der Waals surface area contributed by atoms with Crippen molar-refractivity contribution in [2.45, 2.75) is 27.2 Å². The van der Waals surface area contributed by atoms with E-state index in [1.807, 2.05) is 20.8 Å². The number of rotatable bonds is 7. The van der Waals surface area contributed by atoms with Crippen LogP contribution < -0.4 is 5.32 Å². The van der Waals surface area contributed by atoms with Gasteiger partial charge in [-0.2, -0.15) is 0 Å². The molecule has 1 N–H and O–H groups in total. The highest BCUT2D eigenvalue weighted by atomic mass is 16.2. The highest BCUT2D eigenvalue weighted by Crippen LogP contribution is 1.89. The summed E-state index contributed by atoms with van der Waals surface area (Å²) in [6, 6.07) is 0. The van der Waals surface area contributed by atoms with E-state index >= 15 is 0 Å². The van der Waals surface area contributed by atoms with E-state index in [1.54, 1.807) is 11.9 Å². The summed E-state index contributed by atoms with van der Waals surface area (Å²) >= 11 is 0. The molecule has 15 heavy (non-hydrogen) atoms. The average molecular weight is 214 g/mol. The summed E-state index contributed by atoms with van der Waals surface area (Å²) in [4.78, 5) is 24.2. The summed E-state index contributed by atoms with van der Waals surface area (Å²) in [5.41, 5.74) is 0. The zero-order chi connectivity index (χ0) is 11.8. The van der Waals surface area contributed by atoms with Crippen LogP contribution in [-0.4, -0.2) is 43.3 Å². The minimum atomic E-state index is -0.0184. The molecule has 0 aliphatic heterocycles. The Bertz CT molecular complexity index is 215. The van der Waals surface area contributed by atoms with Crippen molar-refractivity contribution < 1.29 is 9.59 Å². The van der Waals surface area contributed by atoms with Gasteiger partial charge in [-0.25, -0.2) is 0 Å². The molecule has 0 fully saturated rings. The van der Waals surface area contributed by atoms with Crippen LogP contribution in [0.3, 0.4) is 0 Å². The van der Waals surface area contributed by atoms with Crippen molar-refractivity contribution in [3.63, 3.8) is 0 Å². The normalized spacial score (nSPS) is 10.8. The van der Waals surface area contributed by atoms with Gasteiger partial charge in [-0.05, 0) is 13.0 Å². The predicted molar refractivity (Wildman–Crippen MR) is 60.6 cm³/mol. The van der Waals surface area contributed by atoms with Crippen LogP contribution in [0.1, 0.15) is 27.2 Å². The van der Waals surface area contributed by atoms with Crippen LogP contribution in [0, 0.1) is 5.92 Å². The van der Waals surface area contributed by atoms with Crippen LogP contribution in [0.2, 0.25) is 0 Å². The lowest BCUT2D eigenvalue weighted by molar-refractivity contribution is -0.123. The van der Waals surface area contributed by atoms with E-state index in [4.69, 9.17) is 0 Å². The highest BCUT2D eigenvalue weighted by molar-refractivity contribution is 5.82. The summed E-state index contributed by atoms with van der Waals surface area (Å²) < 4.78 is 0. The Morgan fingerprint density at radius 2 is 1.87 bits per heavy atom. The third kappa shape index (κ3) is 8.12. The van der Waals surface area contributed by atoms with E-state index in [9.17, 15) is 9.59 Å². The maximum absolute atomic E-state index is 11.4. The molecule has 0 heterocycles. The molecule has 4 heteroatoms. The molecule has 0 aliphatic rings. The van der Waals surface area contributed by atoms with E-state index in [1.165, 1.54) is 0 Å². The smallest absolute Gasteiger partial charge is 0.234 e. The SMILES string of the molecule is CCC(=O)CN(C)CC(=O)NCC(C)C. The molecule has 0 radical (unpaired) electrons. The first kappa shape index (κ1) is 14.1. The number of likely N-dealkylation sites (N-methyl/N-ethyl adjacent to an activating group) is 1. The summed E-state index contributed by atoms with van der Waals surface area (Å²) in [7, 11) is 1.78. The zero-order valence-corrected chi connectivity index (χ0v) is 10.2. The molecule has 0 saturated heterocycles. The molecule has 0 aromatic carbocycles. The molecular formula is C11H22N2O2. The lowest BCUT2D eigenvalue weighted by Gasteiger charge is -2.15. The van der Waals surface area contributed by atoms with Gasteiger partial charge in [0.1, 0.15) is 5.78 Å². The van der Waals surface area contributed by atoms with Crippen molar-refractivity contribution in [3.8, 4) is 0 Å². The topological polar surface area (TPSA) is 49.4 Å². The van der Waals surface area contributed by atoms with Crippen molar-refractivity contribution >= 4 is 11.7 Å². The maximum Gasteiger partial charge on any atom is 0.234 e. The number of hydrogen-bond donors (Lipinski definition) is 1. The van der Waals surface area contributed by atoms with Gasteiger partial charge in [0.05, 0.1) is 13.1 Å². The van der Waals surface area contributed by atoms with E-state index in [0.717, 1.165) is 0 Å². The van der Waals surface area contributed by atoms with Gasteiger partial charge >= 0.3 is 0 Å². The highest BCUT2D eigenvalue weighted by Gasteiger charge is 2.09. The molecule has 1 amide bonds. The van der Waals surface area contributed by atoms with Gasteiger partial charge in [0, 0.05) is 13.0 Å². The molecule has 0 rings (SSSR count). The number of amides is 1. The predicted octanol–water partition coefficient (Wildman–Crippen LogP) is 0.670. The van der Waals surface area contributed by atoms with E-state index < -0.39 is 0 Å². The number of Topliss-reactive ketones (excluding diaryl/α,β-unsaturated/α-hetero) is 1. The Kier molecular flexibility index (Phi) is 6.96. The van der Waals surface area contributed by atoms with Gasteiger partial charge in [-0.15, -0.1) is 0 Å². The minimum Gasteiger partial charge on any atom is -0.355 e. The van der Waals surface area contributed by atoms with Gasteiger partial charge in [-0.3, -0.25) is 14.5 Å².